The van der Waals surface area contributed by atoms with Crippen LogP contribution in [0.3, 0.4) is 0 Å². The highest BCUT2D eigenvalue weighted by Gasteiger charge is 2.37. The minimum Gasteiger partial charge on any atom is -0.467 e. The van der Waals surface area contributed by atoms with E-state index in [0.717, 1.165) is 12.8 Å². The van der Waals surface area contributed by atoms with Gasteiger partial charge in [0.15, 0.2) is 0 Å². The summed E-state index contributed by atoms with van der Waals surface area (Å²) in [4.78, 5) is 52.4. The van der Waals surface area contributed by atoms with Gasteiger partial charge in [0.1, 0.15) is 12.1 Å². The van der Waals surface area contributed by atoms with Gasteiger partial charge in [-0.2, -0.15) is 0 Å². The zero-order valence-corrected chi connectivity index (χ0v) is 19.8. The van der Waals surface area contributed by atoms with E-state index in [0.29, 0.717) is 37.4 Å². The number of hydrogen-bond acceptors (Lipinski definition) is 8. The number of likely N-dealkylation sites (tertiary alicyclic amines) is 2. The molecule has 30 heavy (non-hydrogen) atoms. The maximum Gasteiger partial charge on any atom is 0.328 e. The van der Waals surface area contributed by atoms with Crippen LogP contribution in [0.2, 0.25) is 0 Å². The fourth-order valence-electron chi connectivity index (χ4n) is 3.83. The Morgan fingerprint density at radius 1 is 0.800 bits per heavy atom. The first-order valence-electron chi connectivity index (χ1n) is 10.3. The molecule has 0 spiro atoms. The largest absolute Gasteiger partial charge is 0.467 e. The van der Waals surface area contributed by atoms with E-state index < -0.39 is 12.1 Å². The maximum atomic E-state index is 12.7. The molecule has 2 aliphatic heterocycles. The fraction of sp³-hybridized carbons (Fsp3) is 0.800. The molecule has 2 amide bonds. The molecule has 0 N–H and O–H groups in total. The molecule has 0 radical (unpaired) electrons. The van der Waals surface area contributed by atoms with Gasteiger partial charge in [-0.1, -0.05) is 35.4 Å². The predicted octanol–water partition coefficient (Wildman–Crippen LogP) is 1.97. The van der Waals surface area contributed by atoms with Gasteiger partial charge in [-0.15, -0.1) is 0 Å². The second-order valence-corrected chi connectivity index (χ2v) is 10.3. The van der Waals surface area contributed by atoms with Crippen molar-refractivity contribution >= 4 is 45.3 Å². The topological polar surface area (TPSA) is 93.2 Å². The Kier molecular flexibility index (Phi) is 9.80. The van der Waals surface area contributed by atoms with E-state index in [1.807, 2.05) is 13.8 Å². The van der Waals surface area contributed by atoms with Crippen LogP contribution < -0.4 is 0 Å². The van der Waals surface area contributed by atoms with Crippen molar-refractivity contribution in [3.05, 3.63) is 0 Å². The lowest BCUT2D eigenvalue weighted by Crippen LogP contribution is -2.44. The quantitative estimate of drug-likeness (QED) is 0.293. The van der Waals surface area contributed by atoms with Crippen molar-refractivity contribution in [3.8, 4) is 0 Å². The zero-order chi connectivity index (χ0) is 22.3. The van der Waals surface area contributed by atoms with Crippen molar-refractivity contribution in [2.75, 3.05) is 38.8 Å². The Morgan fingerprint density at radius 2 is 1.17 bits per heavy atom. The third-order valence-corrected chi connectivity index (χ3v) is 8.34. The van der Waals surface area contributed by atoms with Crippen molar-refractivity contribution in [2.45, 2.75) is 51.6 Å². The van der Waals surface area contributed by atoms with Crippen LogP contribution in [-0.2, 0) is 28.7 Å². The first-order valence-corrected chi connectivity index (χ1v) is 12.8. The molecule has 0 aromatic rings. The summed E-state index contributed by atoms with van der Waals surface area (Å²) in [6.07, 6.45) is 2.91. The van der Waals surface area contributed by atoms with Crippen molar-refractivity contribution in [2.24, 2.45) is 11.8 Å². The highest BCUT2D eigenvalue weighted by molar-refractivity contribution is 8.76. The number of hydrogen-bond donors (Lipinski definition) is 0. The van der Waals surface area contributed by atoms with E-state index in [1.165, 1.54) is 14.2 Å². The number of carbonyl (C=O) groups is 4. The number of rotatable bonds is 9. The highest BCUT2D eigenvalue weighted by atomic mass is 33.1. The average molecular weight is 461 g/mol. The van der Waals surface area contributed by atoms with Crippen LogP contribution >= 0.6 is 21.6 Å². The molecule has 2 saturated heterocycles. The van der Waals surface area contributed by atoms with Gasteiger partial charge in [-0.3, -0.25) is 9.59 Å². The second kappa shape index (κ2) is 11.8. The van der Waals surface area contributed by atoms with Crippen LogP contribution in [0, 0.1) is 11.8 Å². The third-order valence-electron chi connectivity index (χ3n) is 5.58. The Bertz CT molecular complexity index is 593. The number of methoxy groups -OCH3 is 2. The molecule has 2 rings (SSSR count). The lowest BCUT2D eigenvalue weighted by Gasteiger charge is -2.26. The molecule has 0 saturated carbocycles. The van der Waals surface area contributed by atoms with Crippen LogP contribution in [0.1, 0.15) is 39.5 Å². The van der Waals surface area contributed by atoms with Gasteiger partial charge in [-0.05, 0) is 25.7 Å². The molecule has 2 heterocycles. The number of ether oxygens (including phenoxy) is 2. The lowest BCUT2D eigenvalue weighted by atomic mass is 10.1. The van der Waals surface area contributed by atoms with Gasteiger partial charge >= 0.3 is 11.9 Å². The van der Waals surface area contributed by atoms with E-state index in [1.54, 1.807) is 31.4 Å². The number of nitrogens with zero attached hydrogens (tertiary/aromatic N) is 2. The minimum absolute atomic E-state index is 0.0295. The molecule has 0 aromatic heterocycles. The summed E-state index contributed by atoms with van der Waals surface area (Å²) in [5.74, 6) is -0.00502. The van der Waals surface area contributed by atoms with Gasteiger partial charge in [0.05, 0.1) is 14.2 Å². The second-order valence-electron chi connectivity index (χ2n) is 7.80. The van der Waals surface area contributed by atoms with Gasteiger partial charge in [0.2, 0.25) is 11.8 Å². The number of carbonyl (C=O) groups excluding carboxylic acids is 4. The summed E-state index contributed by atoms with van der Waals surface area (Å²) in [5.41, 5.74) is 0. The van der Waals surface area contributed by atoms with Crippen LogP contribution in [0.25, 0.3) is 0 Å². The SMILES string of the molecule is COC(=O)[C@@H]1CCCN1C(=O)[C@H](C)CSSC[C@@H](C)C(=O)N1CCC[C@H]1C(=O)OC. The van der Waals surface area contributed by atoms with E-state index in [-0.39, 0.29) is 35.6 Å². The Labute approximate surface area is 186 Å². The van der Waals surface area contributed by atoms with Crippen LogP contribution in [0.5, 0.6) is 0 Å². The molecule has 2 fully saturated rings. The smallest absolute Gasteiger partial charge is 0.328 e. The fourth-order valence-corrected chi connectivity index (χ4v) is 6.52. The van der Waals surface area contributed by atoms with E-state index in [4.69, 9.17) is 9.47 Å². The van der Waals surface area contributed by atoms with Crippen molar-refractivity contribution in [1.82, 2.24) is 9.80 Å². The third kappa shape index (κ3) is 6.06. The summed E-state index contributed by atoms with van der Waals surface area (Å²) < 4.78 is 9.61. The maximum absolute atomic E-state index is 12.7. The van der Waals surface area contributed by atoms with Crippen LogP contribution in [-0.4, -0.2) is 84.5 Å². The van der Waals surface area contributed by atoms with Crippen LogP contribution in [0.4, 0.5) is 0 Å². The van der Waals surface area contributed by atoms with Gasteiger partial charge < -0.3 is 19.3 Å². The Hall–Kier alpha value is -1.42. The van der Waals surface area contributed by atoms with E-state index >= 15 is 0 Å². The summed E-state index contributed by atoms with van der Waals surface area (Å²) in [5, 5.41) is 0. The molecule has 170 valence electrons. The molecule has 0 unspecified atom stereocenters. The molecular weight excluding hydrogens is 428 g/mol. The molecule has 2 aliphatic rings. The Morgan fingerprint density at radius 3 is 1.50 bits per heavy atom. The van der Waals surface area contributed by atoms with Crippen molar-refractivity contribution in [3.63, 3.8) is 0 Å². The highest BCUT2D eigenvalue weighted by Crippen LogP contribution is 2.30. The van der Waals surface area contributed by atoms with Gasteiger partial charge in [0, 0.05) is 36.4 Å². The molecule has 10 heteroatoms. The molecule has 8 nitrogen and oxygen atoms in total. The molecule has 0 aromatic carbocycles. The summed E-state index contributed by atoms with van der Waals surface area (Å²) in [6.45, 7) is 4.90. The number of amides is 2. The van der Waals surface area contributed by atoms with Crippen molar-refractivity contribution in [1.29, 1.82) is 0 Å². The molecule has 4 atom stereocenters. The van der Waals surface area contributed by atoms with Gasteiger partial charge in [0.25, 0.3) is 0 Å². The monoisotopic (exact) mass is 460 g/mol. The van der Waals surface area contributed by atoms with Crippen LogP contribution in [0.15, 0.2) is 0 Å². The summed E-state index contributed by atoms with van der Waals surface area (Å²) in [7, 11) is 5.80. The molecular formula is C20H32N2O6S2. The van der Waals surface area contributed by atoms with E-state index in [9.17, 15) is 19.2 Å². The zero-order valence-electron chi connectivity index (χ0n) is 18.1. The standard InChI is InChI=1S/C20H32N2O6S2/c1-13(17(23)21-9-5-7-15(21)19(25)27-3)11-29-30-12-14(2)18(24)22-10-6-8-16(22)20(26)28-4/h13-16H,5-12H2,1-4H3/t13-,14-,15+,16+/m1/s1. The first kappa shape index (κ1) is 24.8. The average Bonchev–Trinajstić information content (AvgIpc) is 3.43. The summed E-state index contributed by atoms with van der Waals surface area (Å²) in [6, 6.07) is -0.938. The van der Waals surface area contributed by atoms with Gasteiger partial charge in [-0.25, -0.2) is 9.59 Å². The van der Waals surface area contributed by atoms with E-state index in [2.05, 4.69) is 0 Å². The lowest BCUT2D eigenvalue weighted by molar-refractivity contribution is -0.152. The summed E-state index contributed by atoms with van der Waals surface area (Å²) >= 11 is 0. The number of esters is 2. The van der Waals surface area contributed by atoms with Crippen molar-refractivity contribution < 1.29 is 28.7 Å². The molecule has 0 aliphatic carbocycles. The Balaban J connectivity index is 1.74. The minimum atomic E-state index is -0.469. The predicted molar refractivity (Wildman–Crippen MR) is 117 cm³/mol. The molecule has 0 bridgehead atoms. The first-order chi connectivity index (χ1) is 14.3. The normalized spacial score (nSPS) is 23.2.